The molecule has 1 heterocycles. The zero-order chi connectivity index (χ0) is 12.5. The Balaban J connectivity index is 2.20. The normalized spacial score (nSPS) is 14.8. The van der Waals surface area contributed by atoms with Gasteiger partial charge < -0.3 is 0 Å². The van der Waals surface area contributed by atoms with E-state index in [1.807, 2.05) is 0 Å². The molecule has 2 aromatic rings. The minimum absolute atomic E-state index is 0.698. The summed E-state index contributed by atoms with van der Waals surface area (Å²) in [5.41, 5.74) is 5.23. The number of rotatable bonds is 2. The molecule has 0 N–H and O–H groups in total. The predicted octanol–water partition coefficient (Wildman–Crippen LogP) is 4.72. The summed E-state index contributed by atoms with van der Waals surface area (Å²) in [7, 11) is 0. The van der Waals surface area contributed by atoms with Gasteiger partial charge in [0.1, 0.15) is 5.15 Å². The highest BCUT2D eigenvalue weighted by atomic mass is 35.5. The Hall–Kier alpha value is -1.08. The third kappa shape index (κ3) is 2.01. The second-order valence-corrected chi connectivity index (χ2v) is 5.53. The molecule has 1 aromatic heterocycles. The van der Waals surface area contributed by atoms with E-state index in [2.05, 4.69) is 30.1 Å². The third-order valence-corrected chi connectivity index (χ3v) is 4.19. The molecule has 0 atom stereocenters. The standard InChI is InChI=1S/C16H18ClN/c1-2-5-13-10-12-9-8-11-6-3-4-7-14(11)15(12)18-16(13)17/h8-10H,2-7H2,1H3. The molecule has 0 amide bonds. The maximum Gasteiger partial charge on any atom is 0.132 e. The third-order valence-electron chi connectivity index (χ3n) is 3.86. The SMILES string of the molecule is CCCc1cc2ccc3c(c2nc1Cl)CCCC3. The zero-order valence-corrected chi connectivity index (χ0v) is 11.6. The Morgan fingerprint density at radius 1 is 1.22 bits per heavy atom. The summed E-state index contributed by atoms with van der Waals surface area (Å²) in [6.07, 6.45) is 7.06. The molecule has 0 saturated heterocycles. The van der Waals surface area contributed by atoms with Gasteiger partial charge in [0.2, 0.25) is 0 Å². The molecule has 2 heteroatoms. The number of nitrogens with zero attached hydrogens (tertiary/aromatic N) is 1. The fourth-order valence-corrected chi connectivity index (χ4v) is 3.17. The van der Waals surface area contributed by atoms with Gasteiger partial charge >= 0.3 is 0 Å². The summed E-state index contributed by atoms with van der Waals surface area (Å²) < 4.78 is 0. The fraction of sp³-hybridized carbons (Fsp3) is 0.438. The molecular weight excluding hydrogens is 242 g/mol. The number of aromatic nitrogens is 1. The van der Waals surface area contributed by atoms with Gasteiger partial charge in [-0.3, -0.25) is 0 Å². The molecule has 3 rings (SSSR count). The van der Waals surface area contributed by atoms with Crippen molar-refractivity contribution >= 4 is 22.5 Å². The van der Waals surface area contributed by atoms with Crippen molar-refractivity contribution in [3.8, 4) is 0 Å². The van der Waals surface area contributed by atoms with E-state index in [1.165, 1.54) is 41.3 Å². The van der Waals surface area contributed by atoms with Crippen molar-refractivity contribution in [3.63, 3.8) is 0 Å². The molecule has 0 bridgehead atoms. The van der Waals surface area contributed by atoms with Crippen LogP contribution in [0.2, 0.25) is 5.15 Å². The average molecular weight is 260 g/mol. The lowest BCUT2D eigenvalue weighted by Gasteiger charge is -2.18. The maximum absolute atomic E-state index is 6.31. The van der Waals surface area contributed by atoms with Crippen molar-refractivity contribution in [2.75, 3.05) is 0 Å². The first-order valence-corrected chi connectivity index (χ1v) is 7.27. The van der Waals surface area contributed by atoms with Crippen LogP contribution in [0, 0.1) is 0 Å². The van der Waals surface area contributed by atoms with Crippen LogP contribution in [-0.2, 0) is 19.3 Å². The summed E-state index contributed by atoms with van der Waals surface area (Å²) >= 11 is 6.31. The summed E-state index contributed by atoms with van der Waals surface area (Å²) in [5.74, 6) is 0. The minimum atomic E-state index is 0.698. The number of halogens is 1. The number of pyridine rings is 1. The van der Waals surface area contributed by atoms with Crippen LogP contribution in [-0.4, -0.2) is 4.98 Å². The number of hydrogen-bond acceptors (Lipinski definition) is 1. The van der Waals surface area contributed by atoms with Crippen LogP contribution in [0.3, 0.4) is 0 Å². The highest BCUT2D eigenvalue weighted by Crippen LogP contribution is 2.30. The largest absolute Gasteiger partial charge is 0.236 e. The Kier molecular flexibility index (Phi) is 3.25. The number of fused-ring (bicyclic) bond motifs is 3. The van der Waals surface area contributed by atoms with Crippen molar-refractivity contribution in [2.45, 2.75) is 45.4 Å². The Morgan fingerprint density at radius 2 is 2.06 bits per heavy atom. The highest BCUT2D eigenvalue weighted by molar-refractivity contribution is 6.30. The minimum Gasteiger partial charge on any atom is -0.236 e. The van der Waals surface area contributed by atoms with Crippen LogP contribution in [0.25, 0.3) is 10.9 Å². The number of aryl methyl sites for hydroxylation is 3. The van der Waals surface area contributed by atoms with Gasteiger partial charge in [0.15, 0.2) is 0 Å². The van der Waals surface area contributed by atoms with Gasteiger partial charge in [0.05, 0.1) is 5.52 Å². The molecule has 1 aromatic carbocycles. The van der Waals surface area contributed by atoms with E-state index < -0.39 is 0 Å². The lowest BCUT2D eigenvalue weighted by atomic mass is 9.89. The maximum atomic E-state index is 6.31. The first-order valence-electron chi connectivity index (χ1n) is 6.89. The molecule has 0 aliphatic heterocycles. The molecule has 1 nitrogen and oxygen atoms in total. The van der Waals surface area contributed by atoms with Crippen molar-refractivity contribution in [1.82, 2.24) is 4.98 Å². The van der Waals surface area contributed by atoms with Crippen LogP contribution in [0.5, 0.6) is 0 Å². The molecule has 1 aliphatic rings. The lowest BCUT2D eigenvalue weighted by molar-refractivity contribution is 0.689. The topological polar surface area (TPSA) is 12.9 Å². The molecule has 94 valence electrons. The summed E-state index contributed by atoms with van der Waals surface area (Å²) in [6.45, 7) is 2.17. The van der Waals surface area contributed by atoms with Gasteiger partial charge in [-0.05, 0) is 54.9 Å². The van der Waals surface area contributed by atoms with Crippen LogP contribution in [0.1, 0.15) is 42.9 Å². The molecule has 0 fully saturated rings. The van der Waals surface area contributed by atoms with Crippen LogP contribution in [0.4, 0.5) is 0 Å². The van der Waals surface area contributed by atoms with Crippen LogP contribution in [0.15, 0.2) is 18.2 Å². The fourth-order valence-electron chi connectivity index (χ4n) is 2.94. The highest BCUT2D eigenvalue weighted by Gasteiger charge is 2.14. The lowest BCUT2D eigenvalue weighted by Crippen LogP contribution is -2.04. The Bertz CT molecular complexity index is 589. The summed E-state index contributed by atoms with van der Waals surface area (Å²) in [6, 6.07) is 6.72. The molecule has 1 aliphatic carbocycles. The molecule has 18 heavy (non-hydrogen) atoms. The first-order chi connectivity index (χ1) is 8.79. The van der Waals surface area contributed by atoms with Gasteiger partial charge in [-0.2, -0.15) is 0 Å². The van der Waals surface area contributed by atoms with Gasteiger partial charge in [-0.15, -0.1) is 0 Å². The molecule has 0 unspecified atom stereocenters. The van der Waals surface area contributed by atoms with E-state index >= 15 is 0 Å². The molecular formula is C16H18ClN. The van der Waals surface area contributed by atoms with Crippen LogP contribution < -0.4 is 0 Å². The molecule has 0 spiro atoms. The summed E-state index contributed by atoms with van der Waals surface area (Å²) in [4.78, 5) is 4.67. The zero-order valence-electron chi connectivity index (χ0n) is 10.8. The second kappa shape index (κ2) is 4.89. The Morgan fingerprint density at radius 3 is 2.89 bits per heavy atom. The van der Waals surface area contributed by atoms with Crippen molar-refractivity contribution in [1.29, 1.82) is 0 Å². The van der Waals surface area contributed by atoms with Crippen molar-refractivity contribution < 1.29 is 0 Å². The number of benzene rings is 1. The molecule has 0 saturated carbocycles. The average Bonchev–Trinajstić information content (AvgIpc) is 2.40. The van der Waals surface area contributed by atoms with E-state index in [-0.39, 0.29) is 0 Å². The summed E-state index contributed by atoms with van der Waals surface area (Å²) in [5, 5.41) is 1.95. The van der Waals surface area contributed by atoms with Gasteiger partial charge in [0, 0.05) is 5.39 Å². The van der Waals surface area contributed by atoms with E-state index in [9.17, 15) is 0 Å². The van der Waals surface area contributed by atoms with E-state index in [0.29, 0.717) is 5.15 Å². The van der Waals surface area contributed by atoms with E-state index in [4.69, 9.17) is 11.6 Å². The smallest absolute Gasteiger partial charge is 0.132 e. The van der Waals surface area contributed by atoms with Crippen molar-refractivity contribution in [3.05, 3.63) is 40.0 Å². The van der Waals surface area contributed by atoms with Crippen LogP contribution >= 0.6 is 11.6 Å². The van der Waals surface area contributed by atoms with E-state index in [0.717, 1.165) is 24.8 Å². The quantitative estimate of drug-likeness (QED) is 0.711. The van der Waals surface area contributed by atoms with Gasteiger partial charge in [-0.1, -0.05) is 37.1 Å². The predicted molar refractivity (Wildman–Crippen MR) is 77.4 cm³/mol. The van der Waals surface area contributed by atoms with E-state index in [1.54, 1.807) is 0 Å². The number of hydrogen-bond donors (Lipinski definition) is 0. The second-order valence-electron chi connectivity index (χ2n) is 5.17. The monoisotopic (exact) mass is 259 g/mol. The molecule has 0 radical (unpaired) electrons. The van der Waals surface area contributed by atoms with Crippen molar-refractivity contribution in [2.24, 2.45) is 0 Å². The van der Waals surface area contributed by atoms with Gasteiger partial charge in [-0.25, -0.2) is 4.98 Å². The first kappa shape index (κ1) is 12.0. The Labute approximate surface area is 113 Å². The van der Waals surface area contributed by atoms with Gasteiger partial charge in [0.25, 0.3) is 0 Å².